The Bertz CT molecular complexity index is 284. The summed E-state index contributed by atoms with van der Waals surface area (Å²) in [6, 6.07) is 0. The first-order valence-electron chi connectivity index (χ1n) is 3.04. The summed E-state index contributed by atoms with van der Waals surface area (Å²) in [6.07, 6.45) is -2.25. The topological polar surface area (TPSA) is 63.3 Å². The van der Waals surface area contributed by atoms with Crippen LogP contribution in [0.1, 0.15) is 18.1 Å². The van der Waals surface area contributed by atoms with E-state index in [4.69, 9.17) is 5.11 Å². The number of nitrogens with zero attached hydrogens (tertiary/aromatic N) is 1. The van der Waals surface area contributed by atoms with E-state index in [2.05, 4.69) is 9.40 Å². The van der Waals surface area contributed by atoms with Crippen molar-refractivity contribution in [1.82, 2.24) is 4.98 Å². The Kier molecular flexibility index (Phi) is 2.37. The molecule has 0 saturated heterocycles. The second kappa shape index (κ2) is 3.29. The molecular weight excluding hydrogens is 172 g/mol. The molecule has 6 heteroatoms. The Labute approximate surface area is 65.8 Å². The number of carbonyl (C=O) groups is 1. The predicted octanol–water partition coefficient (Wildman–Crippen LogP) is 1.24. The van der Waals surface area contributed by atoms with Crippen molar-refractivity contribution in [2.24, 2.45) is 0 Å². The third-order valence-electron chi connectivity index (χ3n) is 1.08. The van der Waals surface area contributed by atoms with Crippen LogP contribution in [0.4, 0.5) is 8.78 Å². The lowest BCUT2D eigenvalue weighted by molar-refractivity contribution is -0.136. The zero-order valence-electron chi connectivity index (χ0n) is 5.83. The van der Waals surface area contributed by atoms with Gasteiger partial charge in [0.15, 0.2) is 0 Å². The SMILES string of the molecule is O=C(O)Cc1cnc(C(F)F)o1. The van der Waals surface area contributed by atoms with E-state index in [0.29, 0.717) is 0 Å². The van der Waals surface area contributed by atoms with E-state index in [1.165, 1.54) is 0 Å². The van der Waals surface area contributed by atoms with Crippen LogP contribution in [0.5, 0.6) is 0 Å². The molecule has 0 bridgehead atoms. The van der Waals surface area contributed by atoms with Gasteiger partial charge in [-0.2, -0.15) is 8.78 Å². The molecule has 1 heterocycles. The fourth-order valence-corrected chi connectivity index (χ4v) is 0.654. The molecule has 0 spiro atoms. The minimum absolute atomic E-state index is 0.0715. The molecule has 1 aromatic heterocycles. The van der Waals surface area contributed by atoms with Gasteiger partial charge in [-0.05, 0) is 0 Å². The average molecular weight is 177 g/mol. The van der Waals surface area contributed by atoms with Crippen LogP contribution in [0.25, 0.3) is 0 Å². The third-order valence-corrected chi connectivity index (χ3v) is 1.08. The number of oxazole rings is 1. The van der Waals surface area contributed by atoms with Crippen LogP contribution in [0.2, 0.25) is 0 Å². The molecule has 4 nitrogen and oxygen atoms in total. The first kappa shape index (κ1) is 8.63. The van der Waals surface area contributed by atoms with E-state index in [0.717, 1.165) is 6.20 Å². The first-order chi connectivity index (χ1) is 5.59. The van der Waals surface area contributed by atoms with Crippen molar-refractivity contribution in [3.8, 4) is 0 Å². The predicted molar refractivity (Wildman–Crippen MR) is 32.8 cm³/mol. The number of aliphatic carboxylic acids is 1. The lowest BCUT2D eigenvalue weighted by Gasteiger charge is -1.89. The van der Waals surface area contributed by atoms with Crippen LogP contribution in [-0.2, 0) is 11.2 Å². The Morgan fingerprint density at radius 2 is 2.42 bits per heavy atom. The summed E-state index contributed by atoms with van der Waals surface area (Å²) < 4.78 is 28.0. The van der Waals surface area contributed by atoms with Crippen LogP contribution in [0.3, 0.4) is 0 Å². The number of hydrogen-bond donors (Lipinski definition) is 1. The summed E-state index contributed by atoms with van der Waals surface area (Å²) in [5.74, 6) is -1.96. The first-order valence-corrected chi connectivity index (χ1v) is 3.04. The maximum atomic E-state index is 11.8. The van der Waals surface area contributed by atoms with Crippen molar-refractivity contribution in [3.63, 3.8) is 0 Å². The van der Waals surface area contributed by atoms with Gasteiger partial charge in [0.1, 0.15) is 12.2 Å². The standard InChI is InChI=1S/C6H5F2NO3/c7-5(8)6-9-2-3(12-6)1-4(10)11/h2,5H,1H2,(H,10,11). The van der Waals surface area contributed by atoms with Gasteiger partial charge >= 0.3 is 12.4 Å². The highest BCUT2D eigenvalue weighted by Crippen LogP contribution is 2.17. The van der Waals surface area contributed by atoms with Gasteiger partial charge in [0.05, 0.1) is 6.20 Å². The smallest absolute Gasteiger partial charge is 0.313 e. The van der Waals surface area contributed by atoms with Gasteiger partial charge in [-0.25, -0.2) is 4.98 Å². The van der Waals surface area contributed by atoms with Crippen LogP contribution in [-0.4, -0.2) is 16.1 Å². The lowest BCUT2D eigenvalue weighted by atomic mass is 10.4. The fourth-order valence-electron chi connectivity index (χ4n) is 0.654. The molecule has 0 fully saturated rings. The molecule has 0 aliphatic carbocycles. The largest absolute Gasteiger partial charge is 0.481 e. The van der Waals surface area contributed by atoms with Gasteiger partial charge in [-0.15, -0.1) is 0 Å². The van der Waals surface area contributed by atoms with E-state index in [1.807, 2.05) is 0 Å². The second-order valence-corrected chi connectivity index (χ2v) is 2.04. The van der Waals surface area contributed by atoms with E-state index in [9.17, 15) is 13.6 Å². The monoisotopic (exact) mass is 177 g/mol. The van der Waals surface area contributed by atoms with Crippen molar-refractivity contribution < 1.29 is 23.1 Å². The number of alkyl halides is 2. The molecule has 0 aliphatic heterocycles. The summed E-state index contributed by atoms with van der Waals surface area (Å²) in [6.45, 7) is 0. The van der Waals surface area contributed by atoms with E-state index in [-0.39, 0.29) is 5.76 Å². The summed E-state index contributed by atoms with van der Waals surface area (Å²) in [5.41, 5.74) is 0. The van der Waals surface area contributed by atoms with Crippen LogP contribution in [0, 0.1) is 0 Å². The van der Waals surface area contributed by atoms with Crippen molar-refractivity contribution in [2.45, 2.75) is 12.8 Å². The molecular formula is C6H5F2NO3. The molecule has 12 heavy (non-hydrogen) atoms. The third kappa shape index (κ3) is 2.01. The Morgan fingerprint density at radius 3 is 2.83 bits per heavy atom. The van der Waals surface area contributed by atoms with E-state index >= 15 is 0 Å². The van der Waals surface area contributed by atoms with Crippen LogP contribution >= 0.6 is 0 Å². The molecule has 0 aliphatic rings. The quantitative estimate of drug-likeness (QED) is 0.754. The van der Waals surface area contributed by atoms with Gasteiger partial charge < -0.3 is 9.52 Å². The molecule has 0 radical (unpaired) electrons. The van der Waals surface area contributed by atoms with Crippen molar-refractivity contribution in [1.29, 1.82) is 0 Å². The van der Waals surface area contributed by atoms with Gasteiger partial charge in [-0.1, -0.05) is 0 Å². The number of carboxylic acids is 1. The summed E-state index contributed by atoms with van der Waals surface area (Å²) >= 11 is 0. The average Bonchev–Trinajstić information content (AvgIpc) is 2.34. The zero-order valence-corrected chi connectivity index (χ0v) is 5.83. The number of aromatic nitrogens is 1. The highest BCUT2D eigenvalue weighted by atomic mass is 19.3. The van der Waals surface area contributed by atoms with E-state index in [1.54, 1.807) is 0 Å². The Morgan fingerprint density at radius 1 is 1.75 bits per heavy atom. The Hall–Kier alpha value is -1.46. The number of rotatable bonds is 3. The molecule has 0 amide bonds. The number of halogens is 2. The highest BCUT2D eigenvalue weighted by Gasteiger charge is 2.15. The highest BCUT2D eigenvalue weighted by molar-refractivity contribution is 5.69. The molecule has 0 saturated carbocycles. The van der Waals surface area contributed by atoms with Crippen LogP contribution in [0.15, 0.2) is 10.6 Å². The normalized spacial score (nSPS) is 10.6. The van der Waals surface area contributed by atoms with Crippen molar-refractivity contribution in [3.05, 3.63) is 17.8 Å². The maximum Gasteiger partial charge on any atom is 0.313 e. The van der Waals surface area contributed by atoms with Crippen molar-refractivity contribution >= 4 is 5.97 Å². The maximum absolute atomic E-state index is 11.8. The summed E-state index contributed by atoms with van der Waals surface area (Å²) in [5, 5.41) is 8.24. The summed E-state index contributed by atoms with van der Waals surface area (Å²) in [4.78, 5) is 13.3. The summed E-state index contributed by atoms with van der Waals surface area (Å²) in [7, 11) is 0. The van der Waals surface area contributed by atoms with Gasteiger partial charge in [0.2, 0.25) is 0 Å². The second-order valence-electron chi connectivity index (χ2n) is 2.04. The van der Waals surface area contributed by atoms with Gasteiger partial charge in [-0.3, -0.25) is 4.79 Å². The van der Waals surface area contributed by atoms with Crippen molar-refractivity contribution in [2.75, 3.05) is 0 Å². The molecule has 1 aromatic rings. The van der Waals surface area contributed by atoms with Crippen LogP contribution < -0.4 is 0 Å². The van der Waals surface area contributed by atoms with Gasteiger partial charge in [0.25, 0.3) is 5.89 Å². The molecule has 1 rings (SSSR count). The molecule has 0 aromatic carbocycles. The number of hydrogen-bond acceptors (Lipinski definition) is 3. The molecule has 0 atom stereocenters. The number of carboxylic acid groups (broad SMARTS) is 1. The minimum Gasteiger partial charge on any atom is -0.481 e. The Balaban J connectivity index is 2.70. The molecule has 0 unspecified atom stereocenters. The minimum atomic E-state index is -2.80. The van der Waals surface area contributed by atoms with E-state index < -0.39 is 24.7 Å². The zero-order chi connectivity index (χ0) is 9.14. The van der Waals surface area contributed by atoms with Gasteiger partial charge in [0, 0.05) is 0 Å². The molecule has 66 valence electrons. The molecule has 1 N–H and O–H groups in total. The lowest BCUT2D eigenvalue weighted by Crippen LogP contribution is -1.98. The fraction of sp³-hybridized carbons (Fsp3) is 0.333.